The van der Waals surface area contributed by atoms with Crippen LogP contribution in [0.15, 0.2) is 188 Å². The van der Waals surface area contributed by atoms with Gasteiger partial charge in [-0.2, -0.15) is 0 Å². The van der Waals surface area contributed by atoms with Crippen molar-refractivity contribution < 1.29 is 0 Å². The molecule has 0 aliphatic heterocycles. The van der Waals surface area contributed by atoms with Crippen LogP contribution in [0.2, 0.25) is 0 Å². The van der Waals surface area contributed by atoms with E-state index >= 15 is 0 Å². The Morgan fingerprint density at radius 2 is 0.840 bits per heavy atom. The van der Waals surface area contributed by atoms with Crippen LogP contribution in [0.1, 0.15) is 25.0 Å². The highest BCUT2D eigenvalue weighted by Crippen LogP contribution is 2.50. The Labute approximate surface area is 294 Å². The van der Waals surface area contributed by atoms with E-state index in [1.165, 1.54) is 66.4 Å². The van der Waals surface area contributed by atoms with Crippen LogP contribution in [0.25, 0.3) is 55.3 Å². The topological polar surface area (TPSA) is 3.24 Å². The molecular weight excluding hydrogens is 603 g/mol. The highest BCUT2D eigenvalue weighted by Gasteiger charge is 2.35. The predicted molar refractivity (Wildman–Crippen MR) is 213 cm³/mol. The van der Waals surface area contributed by atoms with Crippen molar-refractivity contribution in [2.75, 3.05) is 4.90 Å². The van der Waals surface area contributed by atoms with Crippen molar-refractivity contribution in [1.29, 1.82) is 0 Å². The molecule has 1 aliphatic carbocycles. The fourth-order valence-electron chi connectivity index (χ4n) is 7.76. The predicted octanol–water partition coefficient (Wildman–Crippen LogP) is 13.6. The van der Waals surface area contributed by atoms with Gasteiger partial charge in [0.1, 0.15) is 0 Å². The summed E-state index contributed by atoms with van der Waals surface area (Å²) in [7, 11) is 0. The van der Waals surface area contributed by atoms with E-state index in [9.17, 15) is 0 Å². The largest absolute Gasteiger partial charge is 0.310 e. The van der Waals surface area contributed by atoms with E-state index in [4.69, 9.17) is 0 Å². The van der Waals surface area contributed by atoms with Crippen molar-refractivity contribution in [2.24, 2.45) is 0 Å². The van der Waals surface area contributed by atoms with Crippen molar-refractivity contribution in [3.63, 3.8) is 0 Å². The van der Waals surface area contributed by atoms with Crippen molar-refractivity contribution in [2.45, 2.75) is 19.3 Å². The number of fused-ring (bicyclic) bond motifs is 4. The summed E-state index contributed by atoms with van der Waals surface area (Å²) >= 11 is 0. The monoisotopic (exact) mass is 639 g/mol. The van der Waals surface area contributed by atoms with Crippen molar-refractivity contribution in [1.82, 2.24) is 0 Å². The maximum Gasteiger partial charge on any atom is 0.0467 e. The van der Waals surface area contributed by atoms with Crippen molar-refractivity contribution in [3.05, 3.63) is 199 Å². The van der Waals surface area contributed by atoms with E-state index in [0.29, 0.717) is 0 Å². The van der Waals surface area contributed by atoms with Gasteiger partial charge in [-0.3, -0.25) is 0 Å². The third-order valence-electron chi connectivity index (χ3n) is 10.5. The molecule has 0 bridgehead atoms. The normalized spacial score (nSPS) is 12.8. The Kier molecular flexibility index (Phi) is 7.21. The summed E-state index contributed by atoms with van der Waals surface area (Å²) in [6.45, 7) is 4.70. The summed E-state index contributed by atoms with van der Waals surface area (Å²) in [5, 5.41) is 2.51. The van der Waals surface area contributed by atoms with Crippen LogP contribution in [0.5, 0.6) is 0 Å². The van der Waals surface area contributed by atoms with Gasteiger partial charge < -0.3 is 4.90 Å². The molecule has 238 valence electrons. The first kappa shape index (κ1) is 29.9. The zero-order valence-corrected chi connectivity index (χ0v) is 28.3. The Morgan fingerprint density at radius 3 is 1.60 bits per heavy atom. The van der Waals surface area contributed by atoms with E-state index in [1.54, 1.807) is 0 Å². The van der Waals surface area contributed by atoms with Crippen LogP contribution in [0.3, 0.4) is 0 Å². The molecule has 0 unspecified atom stereocenters. The third kappa shape index (κ3) is 5.19. The van der Waals surface area contributed by atoms with E-state index in [-0.39, 0.29) is 5.41 Å². The Bertz CT molecular complexity index is 2490. The summed E-state index contributed by atoms with van der Waals surface area (Å²) < 4.78 is 0. The third-order valence-corrected chi connectivity index (χ3v) is 10.5. The molecule has 0 saturated carbocycles. The second kappa shape index (κ2) is 12.1. The quantitative estimate of drug-likeness (QED) is 0.175. The second-order valence-electron chi connectivity index (χ2n) is 13.8. The molecule has 0 amide bonds. The van der Waals surface area contributed by atoms with Crippen molar-refractivity contribution >= 4 is 27.8 Å². The van der Waals surface area contributed by atoms with E-state index in [2.05, 4.69) is 207 Å². The molecule has 0 atom stereocenters. The fourth-order valence-corrected chi connectivity index (χ4v) is 7.76. The molecule has 0 spiro atoms. The van der Waals surface area contributed by atoms with Gasteiger partial charge in [-0.05, 0) is 109 Å². The van der Waals surface area contributed by atoms with Gasteiger partial charge in [-0.1, -0.05) is 159 Å². The number of rotatable bonds is 6. The highest BCUT2D eigenvalue weighted by atomic mass is 15.1. The van der Waals surface area contributed by atoms with Crippen LogP contribution in [-0.2, 0) is 5.41 Å². The lowest BCUT2D eigenvalue weighted by Crippen LogP contribution is -2.16. The zero-order valence-electron chi connectivity index (χ0n) is 28.3. The zero-order chi connectivity index (χ0) is 33.7. The molecule has 0 aromatic heterocycles. The van der Waals surface area contributed by atoms with Gasteiger partial charge in [0.2, 0.25) is 0 Å². The van der Waals surface area contributed by atoms with Crippen LogP contribution in [0, 0.1) is 0 Å². The lowest BCUT2D eigenvalue weighted by atomic mass is 9.82. The molecule has 9 rings (SSSR count). The molecule has 1 nitrogen and oxygen atoms in total. The van der Waals surface area contributed by atoms with Crippen LogP contribution >= 0.6 is 0 Å². The van der Waals surface area contributed by atoms with Gasteiger partial charge in [0.05, 0.1) is 0 Å². The SMILES string of the molecule is CC1(C)c2ccccc2-c2ccc(N(c3ccc(-c4ccc(-c5ccccc5)cc4)cc3)c3cccc(-c4ccc5ccccc5c4)c3)cc21. The summed E-state index contributed by atoms with van der Waals surface area (Å²) in [4.78, 5) is 2.41. The van der Waals surface area contributed by atoms with E-state index in [1.807, 2.05) is 0 Å². The molecule has 8 aromatic carbocycles. The number of hydrogen-bond acceptors (Lipinski definition) is 1. The molecule has 0 N–H and O–H groups in total. The van der Waals surface area contributed by atoms with Gasteiger partial charge in [-0.15, -0.1) is 0 Å². The van der Waals surface area contributed by atoms with Gasteiger partial charge in [0, 0.05) is 22.5 Å². The summed E-state index contributed by atoms with van der Waals surface area (Å²) in [5.74, 6) is 0. The van der Waals surface area contributed by atoms with Crippen molar-refractivity contribution in [3.8, 4) is 44.5 Å². The summed E-state index contributed by atoms with van der Waals surface area (Å²) in [6.07, 6.45) is 0. The molecule has 1 aliphatic rings. The first-order valence-electron chi connectivity index (χ1n) is 17.4. The molecule has 8 aromatic rings. The summed E-state index contributed by atoms with van der Waals surface area (Å²) in [6, 6.07) is 68.6. The Hall–Kier alpha value is -6.18. The molecule has 1 heteroatoms. The van der Waals surface area contributed by atoms with E-state index < -0.39 is 0 Å². The lowest BCUT2D eigenvalue weighted by Gasteiger charge is -2.28. The smallest absolute Gasteiger partial charge is 0.0467 e. The maximum atomic E-state index is 2.41. The minimum atomic E-state index is -0.0870. The van der Waals surface area contributed by atoms with E-state index in [0.717, 1.165) is 17.1 Å². The second-order valence-corrected chi connectivity index (χ2v) is 13.8. The number of benzene rings is 8. The average Bonchev–Trinajstić information content (AvgIpc) is 3.41. The number of hydrogen-bond donors (Lipinski definition) is 0. The van der Waals surface area contributed by atoms with Gasteiger partial charge >= 0.3 is 0 Å². The van der Waals surface area contributed by atoms with Gasteiger partial charge in [0.25, 0.3) is 0 Å². The molecule has 0 radical (unpaired) electrons. The Balaban J connectivity index is 1.13. The van der Waals surface area contributed by atoms with Gasteiger partial charge in [-0.25, -0.2) is 0 Å². The lowest BCUT2D eigenvalue weighted by molar-refractivity contribution is 0.660. The number of anilines is 3. The molecule has 50 heavy (non-hydrogen) atoms. The average molecular weight is 640 g/mol. The first-order valence-corrected chi connectivity index (χ1v) is 17.4. The molecule has 0 heterocycles. The molecular formula is C49H37N. The highest BCUT2D eigenvalue weighted by molar-refractivity contribution is 5.90. The standard InChI is InChI=1S/C49H37N/c1-49(2)47-18-9-8-17-45(47)46-30-29-44(33-48(46)49)50(43-16-10-15-40(32-43)41-24-23-35-13-6-7-14-39(35)31-41)42-27-25-38(26-28-42)37-21-19-36(20-22-37)34-11-4-3-5-12-34/h3-33H,1-2H3. The number of nitrogens with zero attached hydrogens (tertiary/aromatic N) is 1. The van der Waals surface area contributed by atoms with Gasteiger partial charge in [0.15, 0.2) is 0 Å². The fraction of sp³-hybridized carbons (Fsp3) is 0.0612. The van der Waals surface area contributed by atoms with Crippen LogP contribution in [-0.4, -0.2) is 0 Å². The molecule has 0 saturated heterocycles. The summed E-state index contributed by atoms with van der Waals surface area (Å²) in [5.41, 5.74) is 16.0. The first-order chi connectivity index (χ1) is 24.5. The van der Waals surface area contributed by atoms with Crippen LogP contribution in [0.4, 0.5) is 17.1 Å². The molecule has 0 fully saturated rings. The Morgan fingerprint density at radius 1 is 0.320 bits per heavy atom. The minimum Gasteiger partial charge on any atom is -0.310 e. The maximum absolute atomic E-state index is 2.41. The van der Waals surface area contributed by atoms with Crippen LogP contribution < -0.4 is 4.90 Å². The minimum absolute atomic E-state index is 0.0870.